The summed E-state index contributed by atoms with van der Waals surface area (Å²) >= 11 is 3.38. The first-order valence-corrected chi connectivity index (χ1v) is 7.64. The van der Waals surface area contributed by atoms with E-state index in [-0.39, 0.29) is 5.69 Å². The van der Waals surface area contributed by atoms with Gasteiger partial charge in [0, 0.05) is 12.1 Å². The molecule has 1 N–H and O–H groups in total. The highest BCUT2D eigenvalue weighted by Gasteiger charge is 2.17. The van der Waals surface area contributed by atoms with Gasteiger partial charge in [0.25, 0.3) is 5.69 Å². The normalized spacial score (nSPS) is 15.5. The highest BCUT2D eigenvalue weighted by Crippen LogP contribution is 2.30. The van der Waals surface area contributed by atoms with E-state index in [0.29, 0.717) is 15.9 Å². The topological polar surface area (TPSA) is 71.3 Å². The minimum absolute atomic E-state index is 0.0412. The van der Waals surface area contributed by atoms with E-state index in [4.69, 9.17) is 0 Å². The molecule has 0 bridgehead atoms. The van der Waals surface area contributed by atoms with Gasteiger partial charge in [-0.05, 0) is 61.8 Å². The molecule has 1 aromatic rings. The Bertz CT molecular complexity index is 490. The third kappa shape index (κ3) is 3.67. The molecule has 6 nitrogen and oxygen atoms in total. The predicted octanol–water partition coefficient (Wildman–Crippen LogP) is 2.96. The van der Waals surface area contributed by atoms with Gasteiger partial charge in [0.2, 0.25) is 0 Å². The number of nitro groups is 1. The lowest BCUT2D eigenvalue weighted by Gasteiger charge is -2.15. The minimum Gasteiger partial charge on any atom is -0.369 e. The van der Waals surface area contributed by atoms with Crippen LogP contribution in [0.25, 0.3) is 0 Å². The van der Waals surface area contributed by atoms with Crippen molar-refractivity contribution in [3.63, 3.8) is 0 Å². The average molecular weight is 343 g/mol. The van der Waals surface area contributed by atoms with E-state index < -0.39 is 4.92 Å². The van der Waals surface area contributed by atoms with Crippen LogP contribution in [0.4, 0.5) is 11.5 Å². The molecule has 0 spiro atoms. The number of halogens is 1. The fourth-order valence-corrected chi connectivity index (χ4v) is 2.84. The van der Waals surface area contributed by atoms with Crippen LogP contribution in [0.2, 0.25) is 0 Å². The summed E-state index contributed by atoms with van der Waals surface area (Å²) in [5, 5.41) is 14.0. The van der Waals surface area contributed by atoms with Crippen LogP contribution >= 0.6 is 15.9 Å². The number of pyridine rings is 1. The van der Waals surface area contributed by atoms with Gasteiger partial charge in [-0.25, -0.2) is 4.98 Å². The summed E-state index contributed by atoms with van der Waals surface area (Å²) in [7, 11) is 0. The van der Waals surface area contributed by atoms with Crippen molar-refractivity contribution in [1.29, 1.82) is 0 Å². The highest BCUT2D eigenvalue weighted by atomic mass is 79.9. The number of rotatable bonds is 6. The van der Waals surface area contributed by atoms with Crippen molar-refractivity contribution in [3.05, 3.63) is 26.3 Å². The first kappa shape index (κ1) is 15.2. The van der Waals surface area contributed by atoms with Crippen LogP contribution in [0, 0.1) is 17.0 Å². The van der Waals surface area contributed by atoms with E-state index in [1.165, 1.54) is 32.1 Å². The summed E-state index contributed by atoms with van der Waals surface area (Å²) in [5.41, 5.74) is 0.645. The van der Waals surface area contributed by atoms with Crippen molar-refractivity contribution >= 4 is 27.4 Å². The molecule has 0 amide bonds. The fraction of sp³-hybridized carbons (Fsp3) is 0.615. The van der Waals surface area contributed by atoms with Gasteiger partial charge in [-0.2, -0.15) is 0 Å². The van der Waals surface area contributed by atoms with Crippen LogP contribution in [0.15, 0.2) is 10.7 Å². The zero-order valence-electron chi connectivity index (χ0n) is 11.6. The number of nitrogens with one attached hydrogen (secondary N) is 1. The molecule has 1 aromatic heterocycles. The number of hydrogen-bond donors (Lipinski definition) is 1. The first-order chi connectivity index (χ1) is 9.59. The molecule has 2 rings (SSSR count). The quantitative estimate of drug-likeness (QED) is 0.488. The minimum atomic E-state index is -0.412. The van der Waals surface area contributed by atoms with Gasteiger partial charge in [-0.15, -0.1) is 0 Å². The second kappa shape index (κ2) is 6.99. The standard InChI is InChI=1S/C13H19BrN4O2/c1-10-11(18(19)20)9-16-13(12(10)14)15-5-4-8-17-6-2-3-7-17/h9H,2-8H2,1H3,(H,15,16). The van der Waals surface area contributed by atoms with Gasteiger partial charge in [0.15, 0.2) is 0 Å². The summed E-state index contributed by atoms with van der Waals surface area (Å²) in [6, 6.07) is 0. The van der Waals surface area contributed by atoms with Crippen molar-refractivity contribution in [2.75, 3.05) is 31.5 Å². The molecule has 1 aliphatic rings. The van der Waals surface area contributed by atoms with Gasteiger partial charge in [0.1, 0.15) is 12.0 Å². The molecule has 0 unspecified atom stereocenters. The Morgan fingerprint density at radius 2 is 2.20 bits per heavy atom. The maximum Gasteiger partial charge on any atom is 0.291 e. The van der Waals surface area contributed by atoms with E-state index in [1.807, 2.05) is 0 Å². The zero-order valence-corrected chi connectivity index (χ0v) is 13.1. The second-order valence-corrected chi connectivity index (χ2v) is 5.81. The third-order valence-corrected chi connectivity index (χ3v) is 4.55. The smallest absolute Gasteiger partial charge is 0.291 e. The van der Waals surface area contributed by atoms with Crippen LogP contribution in [0.1, 0.15) is 24.8 Å². The molecule has 1 fully saturated rings. The summed E-state index contributed by atoms with van der Waals surface area (Å²) in [6.45, 7) is 6.05. The molecule has 0 radical (unpaired) electrons. The molecule has 7 heteroatoms. The third-order valence-electron chi connectivity index (χ3n) is 3.58. The number of anilines is 1. The first-order valence-electron chi connectivity index (χ1n) is 6.85. The maximum atomic E-state index is 10.8. The predicted molar refractivity (Wildman–Crippen MR) is 82.1 cm³/mol. The highest BCUT2D eigenvalue weighted by molar-refractivity contribution is 9.10. The van der Waals surface area contributed by atoms with Crippen LogP contribution in [0.3, 0.4) is 0 Å². The van der Waals surface area contributed by atoms with Crippen molar-refractivity contribution in [2.24, 2.45) is 0 Å². The van der Waals surface area contributed by atoms with E-state index in [1.54, 1.807) is 6.92 Å². The molecular formula is C13H19BrN4O2. The molecule has 1 aliphatic heterocycles. The molecule has 110 valence electrons. The van der Waals surface area contributed by atoms with E-state index in [0.717, 1.165) is 19.5 Å². The Morgan fingerprint density at radius 1 is 1.50 bits per heavy atom. The van der Waals surface area contributed by atoms with Crippen LogP contribution in [-0.2, 0) is 0 Å². The molecular weight excluding hydrogens is 324 g/mol. The Labute approximate surface area is 126 Å². The summed E-state index contributed by atoms with van der Waals surface area (Å²) in [5.74, 6) is 0.675. The lowest BCUT2D eigenvalue weighted by atomic mass is 10.2. The van der Waals surface area contributed by atoms with Gasteiger partial charge >= 0.3 is 0 Å². The van der Waals surface area contributed by atoms with Gasteiger partial charge in [0.05, 0.1) is 9.40 Å². The van der Waals surface area contributed by atoms with Gasteiger partial charge in [-0.1, -0.05) is 0 Å². The van der Waals surface area contributed by atoms with Crippen molar-refractivity contribution in [3.8, 4) is 0 Å². The number of aromatic nitrogens is 1. The van der Waals surface area contributed by atoms with Crippen LogP contribution in [-0.4, -0.2) is 41.0 Å². The molecule has 0 atom stereocenters. The van der Waals surface area contributed by atoms with Crippen LogP contribution in [0.5, 0.6) is 0 Å². The largest absolute Gasteiger partial charge is 0.369 e. The van der Waals surface area contributed by atoms with E-state index in [9.17, 15) is 10.1 Å². The van der Waals surface area contributed by atoms with Crippen molar-refractivity contribution in [1.82, 2.24) is 9.88 Å². The molecule has 2 heterocycles. The van der Waals surface area contributed by atoms with E-state index >= 15 is 0 Å². The monoisotopic (exact) mass is 342 g/mol. The second-order valence-electron chi connectivity index (χ2n) is 5.02. The SMILES string of the molecule is Cc1c([N+](=O)[O-])cnc(NCCCN2CCCC2)c1Br. The van der Waals surface area contributed by atoms with Crippen LogP contribution < -0.4 is 5.32 Å². The Morgan fingerprint density at radius 3 is 2.85 bits per heavy atom. The van der Waals surface area contributed by atoms with Gasteiger partial charge in [-0.3, -0.25) is 10.1 Å². The van der Waals surface area contributed by atoms with Crippen molar-refractivity contribution in [2.45, 2.75) is 26.2 Å². The van der Waals surface area contributed by atoms with Gasteiger partial charge < -0.3 is 10.2 Å². The summed E-state index contributed by atoms with van der Waals surface area (Å²) in [6.07, 6.45) is 4.97. The lowest BCUT2D eigenvalue weighted by Crippen LogP contribution is -2.22. The Balaban J connectivity index is 1.86. The van der Waals surface area contributed by atoms with Crippen molar-refractivity contribution < 1.29 is 4.92 Å². The number of nitrogens with zero attached hydrogens (tertiary/aromatic N) is 3. The summed E-state index contributed by atoms with van der Waals surface area (Å²) in [4.78, 5) is 17.0. The molecule has 0 aromatic carbocycles. The lowest BCUT2D eigenvalue weighted by molar-refractivity contribution is -0.385. The Hall–Kier alpha value is -1.21. The Kier molecular flexibility index (Phi) is 5.31. The maximum absolute atomic E-state index is 10.8. The number of likely N-dealkylation sites (tertiary alicyclic amines) is 1. The summed E-state index contributed by atoms with van der Waals surface area (Å²) < 4.78 is 0.674. The molecule has 20 heavy (non-hydrogen) atoms. The molecule has 0 saturated carbocycles. The average Bonchev–Trinajstić information content (AvgIpc) is 2.92. The molecule has 0 aliphatic carbocycles. The molecule has 1 saturated heterocycles. The fourth-order valence-electron chi connectivity index (χ4n) is 2.39. The number of hydrogen-bond acceptors (Lipinski definition) is 5. The van der Waals surface area contributed by atoms with E-state index in [2.05, 4.69) is 31.1 Å². The zero-order chi connectivity index (χ0) is 14.5.